The summed E-state index contributed by atoms with van der Waals surface area (Å²) in [7, 11) is 0. The Kier molecular flexibility index (Phi) is 3.64. The van der Waals surface area contributed by atoms with Crippen LogP contribution < -0.4 is 5.73 Å². The zero-order chi connectivity index (χ0) is 11.5. The Balaban J connectivity index is 2.31. The second-order valence-corrected chi connectivity index (χ2v) is 5.34. The van der Waals surface area contributed by atoms with Crippen LogP contribution >= 0.6 is 22.9 Å². The fourth-order valence-corrected chi connectivity index (χ4v) is 2.76. The molecule has 2 rings (SSSR count). The predicted molar refractivity (Wildman–Crippen MR) is 72.3 cm³/mol. The van der Waals surface area contributed by atoms with Gasteiger partial charge < -0.3 is 5.73 Å². The first-order valence-corrected chi connectivity index (χ1v) is 6.45. The smallest absolute Gasteiger partial charge is 0.0441 e. The van der Waals surface area contributed by atoms with Gasteiger partial charge in [-0.1, -0.05) is 23.7 Å². The molecule has 2 N–H and O–H groups in total. The lowest BCUT2D eigenvalue weighted by Gasteiger charge is -2.01. The number of nitrogens with two attached hydrogens (primary N) is 1. The van der Waals surface area contributed by atoms with Crippen molar-refractivity contribution in [1.82, 2.24) is 0 Å². The first-order chi connectivity index (χ1) is 7.70. The topological polar surface area (TPSA) is 26.0 Å². The summed E-state index contributed by atoms with van der Waals surface area (Å²) in [5.41, 5.74) is 7.84. The van der Waals surface area contributed by atoms with Crippen LogP contribution in [0.25, 0.3) is 10.4 Å². The van der Waals surface area contributed by atoms with E-state index in [0.717, 1.165) is 17.0 Å². The van der Waals surface area contributed by atoms with Crippen LogP contribution in [0.15, 0.2) is 30.3 Å². The molecule has 0 unspecified atom stereocenters. The number of hydrogen-bond acceptors (Lipinski definition) is 2. The number of halogens is 1. The van der Waals surface area contributed by atoms with Gasteiger partial charge in [0.05, 0.1) is 0 Å². The minimum absolute atomic E-state index is 0.703. The Morgan fingerprint density at radius 1 is 1.25 bits per heavy atom. The molecular formula is C13H14ClNS. The first-order valence-electron chi connectivity index (χ1n) is 5.26. The lowest BCUT2D eigenvalue weighted by atomic mass is 10.1. The van der Waals surface area contributed by atoms with Gasteiger partial charge in [0.1, 0.15) is 0 Å². The van der Waals surface area contributed by atoms with Crippen molar-refractivity contribution in [2.24, 2.45) is 5.73 Å². The third kappa shape index (κ3) is 2.46. The van der Waals surface area contributed by atoms with Gasteiger partial charge in [-0.15, -0.1) is 11.3 Å². The van der Waals surface area contributed by atoms with Crippen LogP contribution in [-0.4, -0.2) is 6.54 Å². The molecule has 1 aromatic carbocycles. The summed E-state index contributed by atoms with van der Waals surface area (Å²) >= 11 is 7.90. The van der Waals surface area contributed by atoms with Gasteiger partial charge in [0, 0.05) is 14.8 Å². The zero-order valence-electron chi connectivity index (χ0n) is 9.16. The quantitative estimate of drug-likeness (QED) is 0.880. The van der Waals surface area contributed by atoms with Crippen LogP contribution in [0.2, 0.25) is 5.02 Å². The molecule has 16 heavy (non-hydrogen) atoms. The molecule has 0 fully saturated rings. The standard InChI is InChI=1S/C13H14ClNS/c1-9-2-3-10(8-12(9)14)13-5-4-11(16-13)6-7-15/h2-5,8H,6-7,15H2,1H3. The highest BCUT2D eigenvalue weighted by molar-refractivity contribution is 7.15. The third-order valence-corrected chi connectivity index (χ3v) is 4.11. The number of aryl methyl sites for hydroxylation is 1. The molecule has 2 aromatic rings. The van der Waals surface area contributed by atoms with Crippen molar-refractivity contribution < 1.29 is 0 Å². The molecule has 0 aliphatic rings. The van der Waals surface area contributed by atoms with Gasteiger partial charge in [0.25, 0.3) is 0 Å². The van der Waals surface area contributed by atoms with E-state index in [0.29, 0.717) is 6.54 Å². The van der Waals surface area contributed by atoms with E-state index in [9.17, 15) is 0 Å². The SMILES string of the molecule is Cc1ccc(-c2ccc(CCN)s2)cc1Cl. The van der Waals surface area contributed by atoms with Crippen LogP contribution in [0.4, 0.5) is 0 Å². The lowest BCUT2D eigenvalue weighted by Crippen LogP contribution is -2.00. The highest BCUT2D eigenvalue weighted by Gasteiger charge is 2.04. The maximum absolute atomic E-state index is 6.12. The summed E-state index contributed by atoms with van der Waals surface area (Å²) in [6.07, 6.45) is 0.949. The van der Waals surface area contributed by atoms with E-state index in [-0.39, 0.29) is 0 Å². The Morgan fingerprint density at radius 2 is 2.06 bits per heavy atom. The molecule has 0 amide bonds. The van der Waals surface area contributed by atoms with Crippen molar-refractivity contribution in [3.8, 4) is 10.4 Å². The highest BCUT2D eigenvalue weighted by atomic mass is 35.5. The molecule has 84 valence electrons. The van der Waals surface area contributed by atoms with Crippen molar-refractivity contribution in [3.63, 3.8) is 0 Å². The van der Waals surface area contributed by atoms with E-state index in [1.165, 1.54) is 15.3 Å². The zero-order valence-corrected chi connectivity index (χ0v) is 10.7. The Morgan fingerprint density at radius 3 is 2.75 bits per heavy atom. The number of rotatable bonds is 3. The Hall–Kier alpha value is -0.830. The molecule has 0 aliphatic heterocycles. The van der Waals surface area contributed by atoms with Crippen LogP contribution in [0, 0.1) is 6.92 Å². The Labute approximate surface area is 105 Å². The van der Waals surface area contributed by atoms with Gasteiger partial charge in [0.2, 0.25) is 0 Å². The lowest BCUT2D eigenvalue weighted by molar-refractivity contribution is 0.989. The van der Waals surface area contributed by atoms with Crippen molar-refractivity contribution in [2.45, 2.75) is 13.3 Å². The summed E-state index contributed by atoms with van der Waals surface area (Å²) < 4.78 is 0. The highest BCUT2D eigenvalue weighted by Crippen LogP contribution is 2.31. The maximum atomic E-state index is 6.12. The van der Waals surface area contributed by atoms with E-state index >= 15 is 0 Å². The fourth-order valence-electron chi connectivity index (χ4n) is 1.56. The molecule has 1 nitrogen and oxygen atoms in total. The van der Waals surface area contributed by atoms with Gasteiger partial charge in [-0.2, -0.15) is 0 Å². The minimum Gasteiger partial charge on any atom is -0.330 e. The van der Waals surface area contributed by atoms with Crippen LogP contribution in [-0.2, 0) is 6.42 Å². The van der Waals surface area contributed by atoms with Crippen LogP contribution in [0.5, 0.6) is 0 Å². The molecule has 0 radical (unpaired) electrons. The molecule has 3 heteroatoms. The average Bonchev–Trinajstić information content (AvgIpc) is 2.71. The Bertz CT molecular complexity index is 490. The fraction of sp³-hybridized carbons (Fsp3) is 0.231. The first kappa shape index (κ1) is 11.6. The summed E-state index contributed by atoms with van der Waals surface area (Å²) in [5.74, 6) is 0. The van der Waals surface area contributed by atoms with E-state index in [1.54, 1.807) is 11.3 Å². The van der Waals surface area contributed by atoms with E-state index in [4.69, 9.17) is 17.3 Å². The van der Waals surface area contributed by atoms with Crippen molar-refractivity contribution in [1.29, 1.82) is 0 Å². The second-order valence-electron chi connectivity index (χ2n) is 3.77. The molecular weight excluding hydrogens is 238 g/mol. The molecule has 1 heterocycles. The third-order valence-electron chi connectivity index (χ3n) is 2.51. The van der Waals surface area contributed by atoms with Gasteiger partial charge >= 0.3 is 0 Å². The van der Waals surface area contributed by atoms with E-state index < -0.39 is 0 Å². The molecule has 0 bridgehead atoms. The van der Waals surface area contributed by atoms with Gasteiger partial charge in [0.15, 0.2) is 0 Å². The number of hydrogen-bond donors (Lipinski definition) is 1. The van der Waals surface area contributed by atoms with Crippen LogP contribution in [0.1, 0.15) is 10.4 Å². The van der Waals surface area contributed by atoms with E-state index in [2.05, 4.69) is 24.3 Å². The van der Waals surface area contributed by atoms with Crippen LogP contribution in [0.3, 0.4) is 0 Å². The molecule has 0 atom stereocenters. The van der Waals surface area contributed by atoms with Gasteiger partial charge in [-0.3, -0.25) is 0 Å². The number of thiophene rings is 1. The average molecular weight is 252 g/mol. The summed E-state index contributed by atoms with van der Waals surface area (Å²) in [5, 5.41) is 0.825. The largest absolute Gasteiger partial charge is 0.330 e. The van der Waals surface area contributed by atoms with Crippen molar-refractivity contribution in [3.05, 3.63) is 45.8 Å². The number of benzene rings is 1. The van der Waals surface area contributed by atoms with Crippen molar-refractivity contribution >= 4 is 22.9 Å². The van der Waals surface area contributed by atoms with Gasteiger partial charge in [-0.05, 0) is 49.2 Å². The molecule has 0 saturated heterocycles. The summed E-state index contributed by atoms with van der Waals surface area (Å²) in [4.78, 5) is 2.58. The monoisotopic (exact) mass is 251 g/mol. The summed E-state index contributed by atoms with van der Waals surface area (Å²) in [6.45, 7) is 2.72. The molecule has 1 aromatic heterocycles. The van der Waals surface area contributed by atoms with Gasteiger partial charge in [-0.25, -0.2) is 0 Å². The maximum Gasteiger partial charge on any atom is 0.0441 e. The minimum atomic E-state index is 0.703. The molecule has 0 saturated carbocycles. The predicted octanol–water partition coefficient (Wildman–Crippen LogP) is 3.88. The summed E-state index contributed by atoms with van der Waals surface area (Å²) in [6, 6.07) is 10.5. The molecule has 0 aliphatic carbocycles. The second kappa shape index (κ2) is 5.00. The van der Waals surface area contributed by atoms with E-state index in [1.807, 2.05) is 13.0 Å². The molecule has 0 spiro atoms. The van der Waals surface area contributed by atoms with Crippen molar-refractivity contribution in [2.75, 3.05) is 6.54 Å². The normalized spacial score (nSPS) is 10.7.